The van der Waals surface area contributed by atoms with Crippen LogP contribution in [0.4, 0.5) is 10.1 Å². The molecule has 0 radical (unpaired) electrons. The SMILES string of the molecule is Cc1ccc(NC(=O)CCN2C(=O)[C@H]3CCCC[C@@H]3C2=O)c(F)c1. The highest BCUT2D eigenvalue weighted by Crippen LogP contribution is 2.37. The minimum atomic E-state index is -0.498. The lowest BCUT2D eigenvalue weighted by Gasteiger charge is -2.19. The summed E-state index contributed by atoms with van der Waals surface area (Å²) in [7, 11) is 0. The fourth-order valence-electron chi connectivity index (χ4n) is 3.60. The van der Waals surface area contributed by atoms with Gasteiger partial charge in [-0.3, -0.25) is 19.3 Å². The van der Waals surface area contributed by atoms with E-state index in [1.165, 1.54) is 17.0 Å². The Morgan fingerprint density at radius 2 is 1.83 bits per heavy atom. The Morgan fingerprint density at radius 3 is 2.42 bits per heavy atom. The predicted molar refractivity (Wildman–Crippen MR) is 86.6 cm³/mol. The van der Waals surface area contributed by atoms with Gasteiger partial charge in [-0.2, -0.15) is 0 Å². The first kappa shape index (κ1) is 16.6. The van der Waals surface area contributed by atoms with E-state index in [1.54, 1.807) is 13.0 Å². The van der Waals surface area contributed by atoms with Gasteiger partial charge in [-0.25, -0.2) is 4.39 Å². The summed E-state index contributed by atoms with van der Waals surface area (Å²) >= 11 is 0. The van der Waals surface area contributed by atoms with Gasteiger partial charge in [0, 0.05) is 13.0 Å². The number of rotatable bonds is 4. The molecule has 0 unspecified atom stereocenters. The second-order valence-corrected chi connectivity index (χ2v) is 6.61. The summed E-state index contributed by atoms with van der Waals surface area (Å²) in [5.74, 6) is -1.62. The highest BCUT2D eigenvalue weighted by Gasteiger charge is 2.47. The van der Waals surface area contributed by atoms with Crippen molar-refractivity contribution in [3.63, 3.8) is 0 Å². The van der Waals surface area contributed by atoms with Gasteiger partial charge in [-0.1, -0.05) is 18.9 Å². The fourth-order valence-corrected chi connectivity index (χ4v) is 3.60. The van der Waals surface area contributed by atoms with Crippen molar-refractivity contribution < 1.29 is 18.8 Å². The lowest BCUT2D eigenvalue weighted by atomic mass is 9.81. The Labute approximate surface area is 140 Å². The Balaban J connectivity index is 1.58. The predicted octanol–water partition coefficient (Wildman–Crippen LogP) is 2.64. The van der Waals surface area contributed by atoms with E-state index in [4.69, 9.17) is 0 Å². The van der Waals surface area contributed by atoms with Gasteiger partial charge in [-0.15, -0.1) is 0 Å². The van der Waals surface area contributed by atoms with E-state index >= 15 is 0 Å². The van der Waals surface area contributed by atoms with Crippen LogP contribution >= 0.6 is 0 Å². The average molecular weight is 332 g/mol. The minimum Gasteiger partial charge on any atom is -0.324 e. The topological polar surface area (TPSA) is 66.5 Å². The number of aryl methyl sites for hydroxylation is 1. The van der Waals surface area contributed by atoms with Crippen LogP contribution < -0.4 is 5.32 Å². The number of anilines is 1. The maximum absolute atomic E-state index is 13.7. The number of carbonyl (C=O) groups excluding carboxylic acids is 3. The molecular formula is C18H21FN2O3. The summed E-state index contributed by atoms with van der Waals surface area (Å²) in [5.41, 5.74) is 0.875. The van der Waals surface area contributed by atoms with Crippen LogP contribution in [-0.2, 0) is 14.4 Å². The van der Waals surface area contributed by atoms with Crippen LogP contribution in [0.25, 0.3) is 0 Å². The highest BCUT2D eigenvalue weighted by atomic mass is 19.1. The average Bonchev–Trinajstić information content (AvgIpc) is 2.80. The maximum atomic E-state index is 13.7. The van der Waals surface area contributed by atoms with Crippen molar-refractivity contribution in [3.8, 4) is 0 Å². The largest absolute Gasteiger partial charge is 0.324 e. The number of hydrogen-bond donors (Lipinski definition) is 1. The van der Waals surface area contributed by atoms with Crippen molar-refractivity contribution in [1.29, 1.82) is 0 Å². The monoisotopic (exact) mass is 332 g/mol. The number of likely N-dealkylation sites (tertiary alicyclic amines) is 1. The molecule has 1 aliphatic carbocycles. The van der Waals surface area contributed by atoms with E-state index in [2.05, 4.69) is 5.32 Å². The summed E-state index contributed by atoms with van der Waals surface area (Å²) in [6.07, 6.45) is 3.44. The molecule has 24 heavy (non-hydrogen) atoms. The molecule has 1 aliphatic heterocycles. The number of amides is 3. The standard InChI is InChI=1S/C18H21FN2O3/c1-11-6-7-15(14(19)10-11)20-16(22)8-9-21-17(23)12-4-2-3-5-13(12)18(21)24/h6-7,10,12-13H,2-5,8-9H2,1H3,(H,20,22)/t12-,13-/m0/s1. The quantitative estimate of drug-likeness (QED) is 0.862. The summed E-state index contributed by atoms with van der Waals surface area (Å²) in [6.45, 7) is 1.82. The number of nitrogens with zero attached hydrogens (tertiary/aromatic N) is 1. The first-order valence-corrected chi connectivity index (χ1v) is 8.38. The van der Waals surface area contributed by atoms with Gasteiger partial charge in [0.25, 0.3) is 0 Å². The third-order valence-corrected chi connectivity index (χ3v) is 4.89. The molecule has 128 valence electrons. The molecule has 2 atom stereocenters. The van der Waals surface area contributed by atoms with E-state index in [9.17, 15) is 18.8 Å². The number of halogens is 1. The normalized spacial score (nSPS) is 23.3. The molecule has 2 aliphatic rings. The number of hydrogen-bond acceptors (Lipinski definition) is 3. The van der Waals surface area contributed by atoms with Gasteiger partial charge in [0.1, 0.15) is 5.82 Å². The zero-order valence-electron chi connectivity index (χ0n) is 13.7. The van der Waals surface area contributed by atoms with Gasteiger partial charge < -0.3 is 5.32 Å². The fraction of sp³-hybridized carbons (Fsp3) is 0.500. The molecule has 1 aromatic carbocycles. The van der Waals surface area contributed by atoms with Crippen molar-refractivity contribution in [1.82, 2.24) is 4.90 Å². The van der Waals surface area contributed by atoms with Crippen molar-refractivity contribution in [2.75, 3.05) is 11.9 Å². The molecule has 3 rings (SSSR count). The van der Waals surface area contributed by atoms with E-state index in [0.29, 0.717) is 0 Å². The van der Waals surface area contributed by atoms with Crippen LogP contribution in [0.1, 0.15) is 37.7 Å². The van der Waals surface area contributed by atoms with Crippen LogP contribution in [0, 0.1) is 24.6 Å². The molecule has 6 heteroatoms. The molecule has 0 bridgehead atoms. The first-order valence-electron chi connectivity index (χ1n) is 8.38. The molecule has 5 nitrogen and oxygen atoms in total. The van der Waals surface area contributed by atoms with E-state index < -0.39 is 11.7 Å². The first-order chi connectivity index (χ1) is 11.5. The van der Waals surface area contributed by atoms with E-state index in [1.807, 2.05) is 0 Å². The summed E-state index contributed by atoms with van der Waals surface area (Å²) in [6, 6.07) is 4.55. The van der Waals surface area contributed by atoms with E-state index in [-0.39, 0.29) is 42.3 Å². The number of benzene rings is 1. The highest BCUT2D eigenvalue weighted by molar-refractivity contribution is 6.05. The number of fused-ring (bicyclic) bond motifs is 1. The molecule has 0 aromatic heterocycles. The van der Waals surface area contributed by atoms with Crippen LogP contribution in [0.3, 0.4) is 0 Å². The Hall–Kier alpha value is -2.24. The summed E-state index contributed by atoms with van der Waals surface area (Å²) < 4.78 is 13.7. The summed E-state index contributed by atoms with van der Waals surface area (Å²) in [5, 5.41) is 2.49. The molecule has 1 saturated heterocycles. The number of carbonyl (C=O) groups is 3. The maximum Gasteiger partial charge on any atom is 0.233 e. The molecule has 1 heterocycles. The smallest absolute Gasteiger partial charge is 0.233 e. The van der Waals surface area contributed by atoms with Crippen LogP contribution in [-0.4, -0.2) is 29.2 Å². The lowest BCUT2D eigenvalue weighted by molar-refractivity contribution is -0.140. The Bertz CT molecular complexity index is 665. The number of imide groups is 1. The number of nitrogens with one attached hydrogen (secondary N) is 1. The lowest BCUT2D eigenvalue weighted by Crippen LogP contribution is -2.34. The second-order valence-electron chi connectivity index (χ2n) is 6.61. The Kier molecular flexibility index (Phi) is 4.64. The second kappa shape index (κ2) is 6.71. The molecule has 2 fully saturated rings. The molecule has 3 amide bonds. The summed E-state index contributed by atoms with van der Waals surface area (Å²) in [4.78, 5) is 37.9. The van der Waals surface area contributed by atoms with Gasteiger partial charge in [-0.05, 0) is 37.5 Å². The van der Waals surface area contributed by atoms with Crippen LogP contribution in [0.2, 0.25) is 0 Å². The zero-order valence-corrected chi connectivity index (χ0v) is 13.7. The van der Waals surface area contributed by atoms with Crippen molar-refractivity contribution >= 4 is 23.4 Å². The van der Waals surface area contributed by atoms with Gasteiger partial charge in [0.2, 0.25) is 17.7 Å². The van der Waals surface area contributed by atoms with Gasteiger partial charge >= 0.3 is 0 Å². The molecule has 1 N–H and O–H groups in total. The van der Waals surface area contributed by atoms with E-state index in [0.717, 1.165) is 31.2 Å². The third kappa shape index (κ3) is 3.18. The molecule has 1 aromatic rings. The van der Waals surface area contributed by atoms with Crippen molar-refractivity contribution in [3.05, 3.63) is 29.6 Å². The third-order valence-electron chi connectivity index (χ3n) is 4.89. The van der Waals surface area contributed by atoms with Crippen LogP contribution in [0.5, 0.6) is 0 Å². The molecular weight excluding hydrogens is 311 g/mol. The minimum absolute atomic E-state index is 0.0236. The molecule has 1 saturated carbocycles. The zero-order chi connectivity index (χ0) is 17.3. The van der Waals surface area contributed by atoms with Gasteiger partial charge in [0.15, 0.2) is 0 Å². The van der Waals surface area contributed by atoms with Gasteiger partial charge in [0.05, 0.1) is 17.5 Å². The van der Waals surface area contributed by atoms with Crippen molar-refractivity contribution in [2.24, 2.45) is 11.8 Å². The van der Waals surface area contributed by atoms with Crippen LogP contribution in [0.15, 0.2) is 18.2 Å². The van der Waals surface area contributed by atoms with Crippen molar-refractivity contribution in [2.45, 2.75) is 39.0 Å². The Morgan fingerprint density at radius 1 is 1.21 bits per heavy atom. The molecule has 0 spiro atoms.